The maximum atomic E-state index is 4.40. The highest BCUT2D eigenvalue weighted by atomic mass is 15.5. The standard InChI is InChI=1S/C12H11N3/c1-2-5-11-9-13-12(8-10(11)4-1)15-7-3-6-14-15/h1-5,7-9,14H,6H2. The van der Waals surface area contributed by atoms with Gasteiger partial charge in [0.2, 0.25) is 0 Å². The maximum Gasteiger partial charge on any atom is 0.147 e. The molecule has 1 aromatic heterocycles. The number of nitrogens with zero attached hydrogens (tertiary/aromatic N) is 2. The molecule has 15 heavy (non-hydrogen) atoms. The number of pyridine rings is 1. The molecule has 3 heteroatoms. The van der Waals surface area contributed by atoms with Crippen LogP contribution in [0, 0.1) is 0 Å². The van der Waals surface area contributed by atoms with E-state index in [0.29, 0.717) is 0 Å². The first-order valence-electron chi connectivity index (χ1n) is 4.98. The highest BCUT2D eigenvalue weighted by molar-refractivity contribution is 5.84. The fourth-order valence-electron chi connectivity index (χ4n) is 1.72. The van der Waals surface area contributed by atoms with Crippen molar-refractivity contribution in [3.8, 4) is 0 Å². The lowest BCUT2D eigenvalue weighted by Gasteiger charge is -2.14. The minimum Gasteiger partial charge on any atom is -0.267 e. The van der Waals surface area contributed by atoms with Crippen LogP contribution in [0.5, 0.6) is 0 Å². The molecule has 0 aliphatic carbocycles. The Labute approximate surface area is 88.0 Å². The van der Waals surface area contributed by atoms with E-state index in [1.165, 1.54) is 10.8 Å². The lowest BCUT2D eigenvalue weighted by molar-refractivity contribution is 0.801. The average Bonchev–Trinajstić information content (AvgIpc) is 2.82. The summed E-state index contributed by atoms with van der Waals surface area (Å²) in [6.45, 7) is 0.870. The van der Waals surface area contributed by atoms with Crippen molar-refractivity contribution in [2.75, 3.05) is 11.6 Å². The molecule has 1 N–H and O–H groups in total. The largest absolute Gasteiger partial charge is 0.267 e. The lowest BCUT2D eigenvalue weighted by atomic mass is 10.2. The minimum atomic E-state index is 0.870. The van der Waals surface area contributed by atoms with Crippen molar-refractivity contribution in [1.82, 2.24) is 10.4 Å². The van der Waals surface area contributed by atoms with Gasteiger partial charge in [0.15, 0.2) is 0 Å². The van der Waals surface area contributed by atoms with Crippen molar-refractivity contribution in [2.24, 2.45) is 0 Å². The summed E-state index contributed by atoms with van der Waals surface area (Å²) < 4.78 is 0. The number of fused-ring (bicyclic) bond motifs is 1. The predicted molar refractivity (Wildman–Crippen MR) is 61.4 cm³/mol. The molecule has 0 atom stereocenters. The first kappa shape index (κ1) is 8.44. The fraction of sp³-hybridized carbons (Fsp3) is 0.0833. The normalized spacial score (nSPS) is 15.1. The second-order valence-corrected chi connectivity index (χ2v) is 3.51. The fourth-order valence-corrected chi connectivity index (χ4v) is 1.72. The Balaban J connectivity index is 2.09. The van der Waals surface area contributed by atoms with Gasteiger partial charge in [0.25, 0.3) is 0 Å². The van der Waals surface area contributed by atoms with Gasteiger partial charge in [-0.2, -0.15) is 0 Å². The molecule has 2 heterocycles. The van der Waals surface area contributed by atoms with Crippen LogP contribution in [0.1, 0.15) is 0 Å². The molecule has 3 rings (SSSR count). The summed E-state index contributed by atoms with van der Waals surface area (Å²) >= 11 is 0. The van der Waals surface area contributed by atoms with Crippen molar-refractivity contribution in [1.29, 1.82) is 0 Å². The summed E-state index contributed by atoms with van der Waals surface area (Å²) in [5.41, 5.74) is 3.20. The Kier molecular flexibility index (Phi) is 1.89. The summed E-state index contributed by atoms with van der Waals surface area (Å²) in [5, 5.41) is 4.32. The molecule has 0 bridgehead atoms. The summed E-state index contributed by atoms with van der Waals surface area (Å²) in [4.78, 5) is 4.40. The van der Waals surface area contributed by atoms with Crippen molar-refractivity contribution < 1.29 is 0 Å². The van der Waals surface area contributed by atoms with Crippen LogP contribution >= 0.6 is 0 Å². The summed E-state index contributed by atoms with van der Waals surface area (Å²) in [6, 6.07) is 10.3. The van der Waals surface area contributed by atoms with Crippen LogP contribution in [0.15, 0.2) is 48.8 Å². The predicted octanol–water partition coefficient (Wildman–Crippen LogP) is 2.07. The van der Waals surface area contributed by atoms with Gasteiger partial charge in [0, 0.05) is 24.3 Å². The van der Waals surface area contributed by atoms with E-state index < -0.39 is 0 Å². The zero-order chi connectivity index (χ0) is 10.1. The SMILES string of the molecule is C1=CN(c2cc3ccccc3cn2)NC1. The van der Waals surface area contributed by atoms with Crippen molar-refractivity contribution >= 4 is 16.6 Å². The molecule has 0 radical (unpaired) electrons. The van der Waals surface area contributed by atoms with E-state index in [-0.39, 0.29) is 0 Å². The van der Waals surface area contributed by atoms with Gasteiger partial charge in [0.1, 0.15) is 5.82 Å². The molecule has 0 fully saturated rings. The quantitative estimate of drug-likeness (QED) is 0.758. The van der Waals surface area contributed by atoms with E-state index in [0.717, 1.165) is 12.4 Å². The molecule has 0 saturated heterocycles. The summed E-state index contributed by atoms with van der Waals surface area (Å²) in [5.74, 6) is 0.933. The van der Waals surface area contributed by atoms with Gasteiger partial charge in [-0.25, -0.2) is 10.4 Å². The van der Waals surface area contributed by atoms with Crippen LogP contribution in [0.2, 0.25) is 0 Å². The number of benzene rings is 1. The van der Waals surface area contributed by atoms with E-state index in [1.807, 2.05) is 29.5 Å². The number of hydrazine groups is 1. The van der Waals surface area contributed by atoms with Gasteiger partial charge in [-0.3, -0.25) is 5.01 Å². The smallest absolute Gasteiger partial charge is 0.147 e. The lowest BCUT2D eigenvalue weighted by Crippen LogP contribution is -2.28. The highest BCUT2D eigenvalue weighted by Gasteiger charge is 2.07. The Morgan fingerprint density at radius 2 is 2.07 bits per heavy atom. The van der Waals surface area contributed by atoms with Gasteiger partial charge < -0.3 is 0 Å². The zero-order valence-corrected chi connectivity index (χ0v) is 8.22. The van der Waals surface area contributed by atoms with Crippen molar-refractivity contribution in [3.05, 3.63) is 48.8 Å². The Morgan fingerprint density at radius 3 is 2.87 bits per heavy atom. The van der Waals surface area contributed by atoms with Crippen LogP contribution in [0.25, 0.3) is 10.8 Å². The summed E-state index contributed by atoms with van der Waals surface area (Å²) in [7, 11) is 0. The number of rotatable bonds is 1. The van der Waals surface area contributed by atoms with Crippen LogP contribution < -0.4 is 10.4 Å². The first-order valence-corrected chi connectivity index (χ1v) is 4.98. The Hall–Kier alpha value is -1.87. The van der Waals surface area contributed by atoms with Crippen LogP contribution in [-0.2, 0) is 0 Å². The Morgan fingerprint density at radius 1 is 1.20 bits per heavy atom. The molecular formula is C12H11N3. The average molecular weight is 197 g/mol. The molecule has 2 aromatic rings. The first-order chi connectivity index (χ1) is 7.43. The molecule has 74 valence electrons. The van der Waals surface area contributed by atoms with Gasteiger partial charge >= 0.3 is 0 Å². The number of aromatic nitrogens is 1. The van der Waals surface area contributed by atoms with Crippen LogP contribution in [0.3, 0.4) is 0 Å². The molecule has 1 aliphatic heterocycles. The van der Waals surface area contributed by atoms with E-state index in [4.69, 9.17) is 0 Å². The van der Waals surface area contributed by atoms with E-state index in [9.17, 15) is 0 Å². The van der Waals surface area contributed by atoms with E-state index in [2.05, 4.69) is 34.7 Å². The minimum absolute atomic E-state index is 0.870. The molecule has 1 aromatic carbocycles. The summed E-state index contributed by atoms with van der Waals surface area (Å²) in [6.07, 6.45) is 5.96. The Bertz CT molecular complexity index is 519. The second kappa shape index (κ2) is 3.37. The van der Waals surface area contributed by atoms with Gasteiger partial charge in [-0.1, -0.05) is 30.3 Å². The van der Waals surface area contributed by atoms with Gasteiger partial charge in [0.05, 0.1) is 0 Å². The topological polar surface area (TPSA) is 28.2 Å². The molecule has 0 amide bonds. The number of anilines is 1. The third kappa shape index (κ3) is 1.47. The van der Waals surface area contributed by atoms with Gasteiger partial charge in [-0.05, 0) is 11.5 Å². The maximum absolute atomic E-state index is 4.40. The van der Waals surface area contributed by atoms with Crippen LogP contribution in [-0.4, -0.2) is 11.5 Å². The number of hydrogen-bond donors (Lipinski definition) is 1. The number of nitrogens with one attached hydrogen (secondary N) is 1. The molecule has 0 saturated carbocycles. The molecule has 0 unspecified atom stereocenters. The van der Waals surface area contributed by atoms with Crippen molar-refractivity contribution in [3.63, 3.8) is 0 Å². The zero-order valence-electron chi connectivity index (χ0n) is 8.22. The third-order valence-electron chi connectivity index (χ3n) is 2.50. The van der Waals surface area contributed by atoms with E-state index >= 15 is 0 Å². The van der Waals surface area contributed by atoms with Gasteiger partial charge in [-0.15, -0.1) is 0 Å². The molecule has 1 aliphatic rings. The number of hydrogen-bond acceptors (Lipinski definition) is 3. The third-order valence-corrected chi connectivity index (χ3v) is 2.50. The van der Waals surface area contributed by atoms with E-state index in [1.54, 1.807) is 0 Å². The molecular weight excluding hydrogens is 186 g/mol. The molecule has 3 nitrogen and oxygen atoms in total. The molecule has 0 spiro atoms. The van der Waals surface area contributed by atoms with Crippen molar-refractivity contribution in [2.45, 2.75) is 0 Å². The van der Waals surface area contributed by atoms with Crippen LogP contribution in [0.4, 0.5) is 5.82 Å². The highest BCUT2D eigenvalue weighted by Crippen LogP contribution is 2.19. The second-order valence-electron chi connectivity index (χ2n) is 3.51. The monoisotopic (exact) mass is 197 g/mol.